The molecule has 6 nitrogen and oxygen atoms in total. The Hall–Kier alpha value is -2.86. The second-order valence-electron chi connectivity index (χ2n) is 6.19. The summed E-state index contributed by atoms with van der Waals surface area (Å²) in [4.78, 5) is 35.9. The van der Waals surface area contributed by atoms with Crippen LogP contribution in [0.1, 0.15) is 35.2 Å². The summed E-state index contributed by atoms with van der Waals surface area (Å²) in [6.07, 6.45) is 0.849. The Morgan fingerprint density at radius 1 is 1.00 bits per heavy atom. The number of phenolic OH excluding ortho intramolecular Hbond substituents is 1. The van der Waals surface area contributed by atoms with Gasteiger partial charge >= 0.3 is 0 Å². The molecule has 4 N–H and O–H groups in total. The molecule has 0 bridgehead atoms. The molecular formula is C20H21ClN2O4. The third-order valence-corrected chi connectivity index (χ3v) is 4.27. The number of nitrogens with one attached hydrogen (secondary N) is 1. The minimum absolute atomic E-state index is 0.114. The van der Waals surface area contributed by atoms with Crippen LogP contribution in [0.4, 0.5) is 0 Å². The Morgan fingerprint density at radius 2 is 1.63 bits per heavy atom. The van der Waals surface area contributed by atoms with Crippen molar-refractivity contribution in [3.63, 3.8) is 0 Å². The van der Waals surface area contributed by atoms with E-state index in [9.17, 15) is 19.5 Å². The lowest BCUT2D eigenvalue weighted by molar-refractivity contribution is -0.121. The highest BCUT2D eigenvalue weighted by Crippen LogP contribution is 2.14. The van der Waals surface area contributed by atoms with Gasteiger partial charge in [-0.25, -0.2) is 0 Å². The zero-order chi connectivity index (χ0) is 19.8. The lowest BCUT2D eigenvalue weighted by Crippen LogP contribution is -2.42. The summed E-state index contributed by atoms with van der Waals surface area (Å²) in [6, 6.07) is 12.0. The van der Waals surface area contributed by atoms with E-state index in [2.05, 4.69) is 5.32 Å². The van der Waals surface area contributed by atoms with Crippen molar-refractivity contribution in [1.29, 1.82) is 0 Å². The summed E-state index contributed by atoms with van der Waals surface area (Å²) >= 11 is 5.83. The molecule has 142 valence electrons. The average Bonchev–Trinajstić information content (AvgIpc) is 2.63. The fourth-order valence-corrected chi connectivity index (χ4v) is 2.69. The third kappa shape index (κ3) is 6.75. The number of Topliss-reactive ketones (excluding diaryl/α,β-unsaturated/α-hetero) is 1. The molecule has 7 heteroatoms. The Labute approximate surface area is 162 Å². The lowest BCUT2D eigenvalue weighted by atomic mass is 9.98. The van der Waals surface area contributed by atoms with Gasteiger partial charge in [-0.3, -0.25) is 14.4 Å². The molecule has 2 rings (SSSR count). The Balaban J connectivity index is 2.10. The monoisotopic (exact) mass is 388 g/mol. The van der Waals surface area contributed by atoms with Gasteiger partial charge in [0, 0.05) is 23.4 Å². The van der Waals surface area contributed by atoms with Crippen LogP contribution in [0.25, 0.3) is 0 Å². The summed E-state index contributed by atoms with van der Waals surface area (Å²) < 4.78 is 0. The predicted molar refractivity (Wildman–Crippen MR) is 103 cm³/mol. The maximum Gasteiger partial charge on any atom is 0.251 e. The number of carbonyl (C=O) groups excluding carboxylic acids is 3. The molecule has 0 aliphatic carbocycles. The van der Waals surface area contributed by atoms with Crippen molar-refractivity contribution in [1.82, 2.24) is 5.32 Å². The fraction of sp³-hybridized carbons (Fsp3) is 0.250. The molecule has 0 aliphatic heterocycles. The summed E-state index contributed by atoms with van der Waals surface area (Å²) in [5.74, 6) is -0.929. The van der Waals surface area contributed by atoms with Crippen LogP contribution in [-0.4, -0.2) is 28.7 Å². The van der Waals surface area contributed by atoms with Gasteiger partial charge in [-0.15, -0.1) is 0 Å². The molecule has 27 heavy (non-hydrogen) atoms. The van der Waals surface area contributed by atoms with Crippen LogP contribution >= 0.6 is 11.6 Å². The van der Waals surface area contributed by atoms with Crippen molar-refractivity contribution in [3.8, 4) is 5.75 Å². The standard InChI is InChI=1S/C20H21ClN2O4/c21-15-8-6-14(7-9-15)20(27)23-17(18(25)2-1-3-19(22)26)12-13-4-10-16(24)11-5-13/h4-11,17,24H,1-3,12H2,(H2,22,26)(H,23,27). The Bertz CT molecular complexity index is 804. The number of ketones is 1. The largest absolute Gasteiger partial charge is 0.508 e. The average molecular weight is 389 g/mol. The number of aromatic hydroxyl groups is 1. The van der Waals surface area contributed by atoms with Crippen LogP contribution in [0.15, 0.2) is 48.5 Å². The van der Waals surface area contributed by atoms with Crippen LogP contribution in [0.3, 0.4) is 0 Å². The topological polar surface area (TPSA) is 109 Å². The number of rotatable bonds is 9. The highest BCUT2D eigenvalue weighted by Gasteiger charge is 2.22. The first kappa shape index (κ1) is 20.5. The third-order valence-electron chi connectivity index (χ3n) is 4.02. The molecule has 0 fully saturated rings. The lowest BCUT2D eigenvalue weighted by Gasteiger charge is -2.18. The van der Waals surface area contributed by atoms with Crippen LogP contribution in [-0.2, 0) is 16.0 Å². The minimum atomic E-state index is -0.759. The maximum atomic E-state index is 12.6. The number of phenols is 1. The number of hydrogen-bond donors (Lipinski definition) is 3. The van der Waals surface area contributed by atoms with Gasteiger partial charge in [0.2, 0.25) is 5.91 Å². The summed E-state index contributed by atoms with van der Waals surface area (Å²) in [5.41, 5.74) is 6.29. The Kier molecular flexibility index (Phi) is 7.37. The first-order chi connectivity index (χ1) is 12.8. The number of halogens is 1. The smallest absolute Gasteiger partial charge is 0.251 e. The molecular weight excluding hydrogens is 368 g/mol. The molecule has 1 atom stereocenters. The van der Waals surface area contributed by atoms with Crippen LogP contribution in [0.5, 0.6) is 5.75 Å². The van der Waals surface area contributed by atoms with E-state index in [4.69, 9.17) is 17.3 Å². The van der Waals surface area contributed by atoms with Crippen molar-refractivity contribution in [3.05, 3.63) is 64.7 Å². The Morgan fingerprint density at radius 3 is 2.22 bits per heavy atom. The van der Waals surface area contributed by atoms with Crippen LogP contribution in [0, 0.1) is 0 Å². The zero-order valence-electron chi connectivity index (χ0n) is 14.7. The molecule has 2 amide bonds. The predicted octanol–water partition coefficient (Wildman–Crippen LogP) is 2.61. The molecule has 2 aromatic carbocycles. The van der Waals surface area contributed by atoms with E-state index in [-0.39, 0.29) is 30.8 Å². The molecule has 0 radical (unpaired) electrons. The molecule has 0 aromatic heterocycles. The van der Waals surface area contributed by atoms with E-state index < -0.39 is 17.9 Å². The summed E-state index contributed by atoms with van der Waals surface area (Å²) in [6.45, 7) is 0. The van der Waals surface area contributed by atoms with Crippen molar-refractivity contribution in [2.75, 3.05) is 0 Å². The molecule has 1 unspecified atom stereocenters. The first-order valence-electron chi connectivity index (χ1n) is 8.50. The highest BCUT2D eigenvalue weighted by molar-refractivity contribution is 6.30. The van der Waals surface area contributed by atoms with Crippen molar-refractivity contribution in [2.45, 2.75) is 31.7 Å². The number of hydrogen-bond acceptors (Lipinski definition) is 4. The van der Waals surface area contributed by atoms with Crippen molar-refractivity contribution in [2.24, 2.45) is 5.73 Å². The number of amides is 2. The van der Waals surface area contributed by atoms with Crippen LogP contribution < -0.4 is 11.1 Å². The molecule has 0 aliphatic rings. The molecule has 0 saturated carbocycles. The van der Waals surface area contributed by atoms with Gasteiger partial charge in [0.1, 0.15) is 5.75 Å². The molecule has 2 aromatic rings. The molecule has 0 spiro atoms. The first-order valence-corrected chi connectivity index (χ1v) is 8.88. The normalized spacial score (nSPS) is 11.6. The van der Waals surface area contributed by atoms with E-state index in [0.29, 0.717) is 17.0 Å². The van der Waals surface area contributed by atoms with Gasteiger partial charge in [-0.2, -0.15) is 0 Å². The zero-order valence-corrected chi connectivity index (χ0v) is 15.4. The second kappa shape index (κ2) is 9.73. The summed E-state index contributed by atoms with van der Waals surface area (Å²) in [7, 11) is 0. The van der Waals surface area contributed by atoms with Gasteiger partial charge in [-0.05, 0) is 54.8 Å². The summed E-state index contributed by atoms with van der Waals surface area (Å²) in [5, 5.41) is 12.6. The second-order valence-corrected chi connectivity index (χ2v) is 6.63. The number of primary amides is 1. The number of carbonyl (C=O) groups is 3. The van der Waals surface area contributed by atoms with E-state index in [0.717, 1.165) is 5.56 Å². The van der Waals surface area contributed by atoms with Gasteiger partial charge in [0.25, 0.3) is 5.91 Å². The quantitative estimate of drug-likeness (QED) is 0.613. The van der Waals surface area contributed by atoms with Crippen LogP contribution in [0.2, 0.25) is 5.02 Å². The number of nitrogens with two attached hydrogens (primary N) is 1. The minimum Gasteiger partial charge on any atom is -0.508 e. The van der Waals surface area contributed by atoms with Gasteiger partial charge < -0.3 is 16.2 Å². The molecule has 0 saturated heterocycles. The fourth-order valence-electron chi connectivity index (χ4n) is 2.57. The van der Waals surface area contributed by atoms with Gasteiger partial charge in [0.05, 0.1) is 6.04 Å². The van der Waals surface area contributed by atoms with E-state index in [1.165, 1.54) is 12.1 Å². The van der Waals surface area contributed by atoms with Gasteiger partial charge in [-0.1, -0.05) is 23.7 Å². The highest BCUT2D eigenvalue weighted by atomic mass is 35.5. The molecule has 0 heterocycles. The van der Waals surface area contributed by atoms with E-state index in [1.807, 2.05) is 0 Å². The number of benzene rings is 2. The SMILES string of the molecule is NC(=O)CCCC(=O)C(Cc1ccc(O)cc1)NC(=O)c1ccc(Cl)cc1. The van der Waals surface area contributed by atoms with Crippen molar-refractivity contribution < 1.29 is 19.5 Å². The maximum absolute atomic E-state index is 12.6. The van der Waals surface area contributed by atoms with Crippen molar-refractivity contribution >= 4 is 29.2 Å². The van der Waals surface area contributed by atoms with E-state index >= 15 is 0 Å². The van der Waals surface area contributed by atoms with E-state index in [1.54, 1.807) is 36.4 Å². The van der Waals surface area contributed by atoms with Gasteiger partial charge in [0.15, 0.2) is 5.78 Å².